The molecule has 0 aromatic heterocycles. The second-order valence-corrected chi connectivity index (χ2v) is 3.86. The Balaban J connectivity index is 2.30. The van der Waals surface area contributed by atoms with Gasteiger partial charge in [-0.25, -0.2) is 0 Å². The molecule has 0 bridgehead atoms. The van der Waals surface area contributed by atoms with Gasteiger partial charge in [0.15, 0.2) is 6.10 Å². The topological polar surface area (TPSA) is 55.5 Å². The van der Waals surface area contributed by atoms with Crippen molar-refractivity contribution in [3.05, 3.63) is 0 Å². The van der Waals surface area contributed by atoms with E-state index in [0.717, 1.165) is 19.3 Å². The Hall–Kier alpha value is -0.330. The van der Waals surface area contributed by atoms with Gasteiger partial charge in [-0.05, 0) is 25.3 Å². The van der Waals surface area contributed by atoms with Gasteiger partial charge >= 0.3 is 6.18 Å². The number of aliphatic hydroxyl groups is 1. The summed E-state index contributed by atoms with van der Waals surface area (Å²) < 4.78 is 40.9. The van der Waals surface area contributed by atoms with Crippen molar-refractivity contribution in [2.45, 2.75) is 37.6 Å². The number of halogens is 3. The summed E-state index contributed by atoms with van der Waals surface area (Å²) in [6.07, 6.45) is -4.68. The monoisotopic (exact) mass is 227 g/mol. The summed E-state index contributed by atoms with van der Waals surface area (Å²) >= 11 is 0. The van der Waals surface area contributed by atoms with Crippen molar-refractivity contribution in [1.29, 1.82) is 0 Å². The third-order valence-corrected chi connectivity index (χ3v) is 2.74. The van der Waals surface area contributed by atoms with E-state index in [9.17, 15) is 13.2 Å². The van der Waals surface area contributed by atoms with Gasteiger partial charge in [-0.15, -0.1) is 0 Å². The van der Waals surface area contributed by atoms with Crippen LogP contribution in [0.5, 0.6) is 0 Å². The fourth-order valence-electron chi connectivity index (χ4n) is 1.80. The summed E-state index contributed by atoms with van der Waals surface area (Å²) in [7, 11) is 0. The third kappa shape index (κ3) is 3.62. The summed E-state index contributed by atoms with van der Waals surface area (Å²) in [6, 6.07) is 0. The van der Waals surface area contributed by atoms with Gasteiger partial charge in [-0.2, -0.15) is 13.2 Å². The highest BCUT2D eigenvalue weighted by atomic mass is 19.4. The quantitative estimate of drug-likeness (QED) is 0.754. The molecular formula is C9H16F3NO2. The van der Waals surface area contributed by atoms with Crippen molar-refractivity contribution in [3.8, 4) is 0 Å². The maximum atomic E-state index is 11.9. The normalized spacial score (nSPS) is 29.4. The van der Waals surface area contributed by atoms with Crippen molar-refractivity contribution in [3.63, 3.8) is 0 Å². The molecule has 90 valence electrons. The van der Waals surface area contributed by atoms with Gasteiger partial charge < -0.3 is 15.6 Å². The first kappa shape index (κ1) is 12.7. The van der Waals surface area contributed by atoms with Crippen molar-refractivity contribution in [1.82, 2.24) is 0 Å². The van der Waals surface area contributed by atoms with Crippen LogP contribution in [0.2, 0.25) is 0 Å². The molecule has 3 N–H and O–H groups in total. The second-order valence-electron chi connectivity index (χ2n) is 3.86. The number of ether oxygens (including phenoxy) is 1. The number of hydrogen-bond acceptors (Lipinski definition) is 3. The summed E-state index contributed by atoms with van der Waals surface area (Å²) in [5.74, 6) is 0.130. The minimum Gasteiger partial charge on any atom is -0.382 e. The molecule has 1 fully saturated rings. The molecule has 0 heterocycles. The molecule has 0 saturated heterocycles. The van der Waals surface area contributed by atoms with E-state index in [-0.39, 0.29) is 12.0 Å². The fourth-order valence-corrected chi connectivity index (χ4v) is 1.80. The molecule has 0 amide bonds. The van der Waals surface area contributed by atoms with Crippen LogP contribution in [-0.4, -0.2) is 36.6 Å². The maximum Gasteiger partial charge on any atom is 0.416 e. The lowest BCUT2D eigenvalue weighted by Gasteiger charge is -2.21. The van der Waals surface area contributed by atoms with Crippen LogP contribution in [-0.2, 0) is 4.74 Å². The van der Waals surface area contributed by atoms with Crippen LogP contribution >= 0.6 is 0 Å². The van der Waals surface area contributed by atoms with Crippen molar-refractivity contribution in [2.75, 3.05) is 13.2 Å². The lowest BCUT2D eigenvalue weighted by atomic mass is 10.1. The standard InChI is InChI=1S/C9H16F3NO2/c10-9(11,12)8(14)5-15-7-3-1-2-6(7)4-13/h6-8,14H,1-5,13H2. The number of nitrogens with two attached hydrogens (primary N) is 1. The zero-order chi connectivity index (χ0) is 11.5. The molecule has 3 nitrogen and oxygen atoms in total. The molecule has 1 aliphatic carbocycles. The zero-order valence-corrected chi connectivity index (χ0v) is 8.33. The molecule has 0 aromatic rings. The molecule has 1 aliphatic rings. The smallest absolute Gasteiger partial charge is 0.382 e. The van der Waals surface area contributed by atoms with Crippen LogP contribution in [0.15, 0.2) is 0 Å². The van der Waals surface area contributed by atoms with Gasteiger partial charge in [-0.3, -0.25) is 0 Å². The summed E-state index contributed by atoms with van der Waals surface area (Å²) in [5, 5.41) is 8.72. The first-order valence-electron chi connectivity index (χ1n) is 5.01. The highest BCUT2D eigenvalue weighted by Crippen LogP contribution is 2.28. The van der Waals surface area contributed by atoms with E-state index >= 15 is 0 Å². The Bertz CT molecular complexity index is 198. The minimum atomic E-state index is -4.60. The van der Waals surface area contributed by atoms with Gasteiger partial charge in [0.05, 0.1) is 12.7 Å². The van der Waals surface area contributed by atoms with Crippen LogP contribution in [0.1, 0.15) is 19.3 Å². The minimum absolute atomic E-state index is 0.130. The van der Waals surface area contributed by atoms with E-state index in [2.05, 4.69) is 0 Å². The Morgan fingerprint density at radius 3 is 2.60 bits per heavy atom. The number of alkyl halides is 3. The summed E-state index contributed by atoms with van der Waals surface area (Å²) in [4.78, 5) is 0. The first-order valence-corrected chi connectivity index (χ1v) is 5.01. The van der Waals surface area contributed by atoms with Crippen molar-refractivity contribution < 1.29 is 23.0 Å². The zero-order valence-electron chi connectivity index (χ0n) is 8.33. The van der Waals surface area contributed by atoms with Crippen molar-refractivity contribution >= 4 is 0 Å². The van der Waals surface area contributed by atoms with Gasteiger partial charge in [0, 0.05) is 0 Å². The third-order valence-electron chi connectivity index (χ3n) is 2.74. The van der Waals surface area contributed by atoms with Crippen LogP contribution in [0, 0.1) is 5.92 Å². The largest absolute Gasteiger partial charge is 0.416 e. The number of hydrogen-bond donors (Lipinski definition) is 2. The highest BCUT2D eigenvalue weighted by molar-refractivity contribution is 4.79. The number of rotatable bonds is 4. The Labute approximate surface area is 86.4 Å². The predicted molar refractivity (Wildman–Crippen MR) is 48.2 cm³/mol. The molecule has 3 atom stereocenters. The van der Waals surface area contributed by atoms with Crippen LogP contribution in [0.4, 0.5) is 13.2 Å². The van der Waals surface area contributed by atoms with E-state index in [1.54, 1.807) is 0 Å². The van der Waals surface area contributed by atoms with E-state index in [1.165, 1.54) is 0 Å². The molecule has 0 aromatic carbocycles. The van der Waals surface area contributed by atoms with E-state index in [4.69, 9.17) is 15.6 Å². The Morgan fingerprint density at radius 2 is 2.07 bits per heavy atom. The average molecular weight is 227 g/mol. The first-order chi connectivity index (χ1) is 6.95. The molecule has 0 radical (unpaired) electrons. The molecule has 1 rings (SSSR count). The lowest BCUT2D eigenvalue weighted by molar-refractivity contribution is -0.222. The second kappa shape index (κ2) is 5.14. The fraction of sp³-hybridized carbons (Fsp3) is 1.00. The van der Waals surface area contributed by atoms with E-state index in [1.807, 2.05) is 0 Å². The highest BCUT2D eigenvalue weighted by Gasteiger charge is 2.39. The maximum absolute atomic E-state index is 11.9. The van der Waals surface area contributed by atoms with Gasteiger partial charge in [-0.1, -0.05) is 6.42 Å². The Morgan fingerprint density at radius 1 is 1.40 bits per heavy atom. The molecule has 3 unspecified atom stereocenters. The van der Waals surface area contributed by atoms with Crippen LogP contribution in [0.25, 0.3) is 0 Å². The Kier molecular flexibility index (Phi) is 4.36. The molecule has 15 heavy (non-hydrogen) atoms. The predicted octanol–water partition coefficient (Wildman–Crippen LogP) is 1.05. The van der Waals surface area contributed by atoms with Crippen LogP contribution < -0.4 is 5.73 Å². The molecule has 6 heteroatoms. The van der Waals surface area contributed by atoms with Gasteiger partial charge in [0.1, 0.15) is 0 Å². The summed E-state index contributed by atoms with van der Waals surface area (Å²) in [6.45, 7) is -0.266. The van der Waals surface area contributed by atoms with Gasteiger partial charge in [0.25, 0.3) is 0 Å². The molecule has 0 spiro atoms. The van der Waals surface area contributed by atoms with E-state index in [0.29, 0.717) is 6.54 Å². The average Bonchev–Trinajstić information content (AvgIpc) is 2.59. The van der Waals surface area contributed by atoms with Gasteiger partial charge in [0.2, 0.25) is 0 Å². The summed E-state index contributed by atoms with van der Waals surface area (Å²) in [5.41, 5.74) is 5.45. The molecular weight excluding hydrogens is 211 g/mol. The van der Waals surface area contributed by atoms with Crippen molar-refractivity contribution in [2.24, 2.45) is 11.7 Å². The van der Waals surface area contributed by atoms with E-state index < -0.39 is 18.9 Å². The number of aliphatic hydroxyl groups excluding tert-OH is 1. The SMILES string of the molecule is NCC1CCCC1OCC(O)C(F)(F)F. The molecule has 1 saturated carbocycles. The lowest BCUT2D eigenvalue weighted by Crippen LogP contribution is -2.36. The molecule has 0 aliphatic heterocycles. The van der Waals surface area contributed by atoms with Crippen LogP contribution in [0.3, 0.4) is 0 Å².